The van der Waals surface area contributed by atoms with Gasteiger partial charge in [0.05, 0.1) is 10.6 Å². The minimum Gasteiger partial charge on any atom is -0.435 e. The summed E-state index contributed by atoms with van der Waals surface area (Å²) in [5.74, 6) is 2.91. The lowest BCUT2D eigenvalue weighted by Gasteiger charge is -2.24. The number of benzene rings is 5. The minimum absolute atomic E-state index is 0.728. The number of para-hydroxylation sites is 4. The topological polar surface area (TPSA) is 36.9 Å². The molecule has 0 spiro atoms. The van der Waals surface area contributed by atoms with Crippen molar-refractivity contribution in [1.82, 2.24) is 0 Å². The van der Waals surface area contributed by atoms with Crippen molar-refractivity contribution < 1.29 is 18.1 Å². The maximum Gasteiger partial charge on any atom is 0.327 e. The van der Waals surface area contributed by atoms with E-state index in [-0.39, 0.29) is 0 Å². The van der Waals surface area contributed by atoms with Gasteiger partial charge in [-0.25, -0.2) is 0 Å². The van der Waals surface area contributed by atoms with Gasteiger partial charge in [-0.3, -0.25) is 0 Å². The standard InChI is InChI=1S/C30H24O4P2/c1-5-15-25(16-6-1)31-35(32-26-17-7-2-8-18-26)29-23-13-14-24-30(29)36(33-27-19-9-3-10-20-27)34-28-21-11-4-12-22-28/h1-24H. The monoisotopic (exact) mass is 510 g/mol. The molecule has 0 fully saturated rings. The van der Waals surface area contributed by atoms with Crippen LogP contribution in [-0.4, -0.2) is 0 Å². The molecule has 5 rings (SSSR count). The molecule has 6 heteroatoms. The third kappa shape index (κ3) is 6.43. The van der Waals surface area contributed by atoms with E-state index in [0.717, 1.165) is 33.6 Å². The smallest absolute Gasteiger partial charge is 0.327 e. The van der Waals surface area contributed by atoms with Gasteiger partial charge in [-0.05, 0) is 60.7 Å². The van der Waals surface area contributed by atoms with Crippen LogP contribution < -0.4 is 28.7 Å². The summed E-state index contributed by atoms with van der Waals surface area (Å²) in [4.78, 5) is 0. The van der Waals surface area contributed by atoms with Gasteiger partial charge >= 0.3 is 16.8 Å². The highest BCUT2D eigenvalue weighted by molar-refractivity contribution is 7.63. The van der Waals surface area contributed by atoms with Crippen molar-refractivity contribution in [1.29, 1.82) is 0 Å². The Morgan fingerprint density at radius 1 is 0.278 bits per heavy atom. The van der Waals surface area contributed by atoms with Crippen molar-refractivity contribution in [2.45, 2.75) is 0 Å². The van der Waals surface area contributed by atoms with Crippen molar-refractivity contribution in [2.24, 2.45) is 0 Å². The second-order valence-electron chi connectivity index (χ2n) is 7.62. The maximum absolute atomic E-state index is 6.44. The molecule has 0 bridgehead atoms. The van der Waals surface area contributed by atoms with E-state index in [9.17, 15) is 0 Å². The van der Waals surface area contributed by atoms with Gasteiger partial charge in [0, 0.05) is 0 Å². The van der Waals surface area contributed by atoms with Crippen LogP contribution in [0.5, 0.6) is 23.0 Å². The van der Waals surface area contributed by atoms with Crippen LogP contribution in [0.4, 0.5) is 0 Å². The molecule has 5 aromatic rings. The second-order valence-corrected chi connectivity index (χ2v) is 10.3. The van der Waals surface area contributed by atoms with Gasteiger partial charge < -0.3 is 18.1 Å². The Hall–Kier alpha value is -3.84. The Bertz CT molecular complexity index is 1150. The Morgan fingerprint density at radius 3 is 0.750 bits per heavy atom. The summed E-state index contributed by atoms with van der Waals surface area (Å²) in [6, 6.07) is 46.8. The molecule has 36 heavy (non-hydrogen) atoms. The molecule has 0 aliphatic heterocycles. The van der Waals surface area contributed by atoms with Crippen LogP contribution in [-0.2, 0) is 0 Å². The highest BCUT2D eigenvalue weighted by atomic mass is 31.2. The molecule has 0 saturated heterocycles. The van der Waals surface area contributed by atoms with Crippen LogP contribution in [0.2, 0.25) is 0 Å². The molecule has 0 aromatic heterocycles. The average Bonchev–Trinajstić information content (AvgIpc) is 2.95. The van der Waals surface area contributed by atoms with E-state index in [0.29, 0.717) is 0 Å². The Balaban J connectivity index is 1.54. The zero-order chi connectivity index (χ0) is 24.4. The molecule has 0 radical (unpaired) electrons. The van der Waals surface area contributed by atoms with E-state index in [4.69, 9.17) is 18.1 Å². The van der Waals surface area contributed by atoms with Crippen LogP contribution in [0.25, 0.3) is 0 Å². The second kappa shape index (κ2) is 12.2. The molecule has 4 nitrogen and oxygen atoms in total. The molecule has 0 amide bonds. The van der Waals surface area contributed by atoms with E-state index in [1.54, 1.807) is 0 Å². The van der Waals surface area contributed by atoms with Gasteiger partial charge in [0.15, 0.2) is 0 Å². The van der Waals surface area contributed by atoms with Crippen LogP contribution in [0.1, 0.15) is 0 Å². The van der Waals surface area contributed by atoms with E-state index in [1.807, 2.05) is 146 Å². The summed E-state index contributed by atoms with van der Waals surface area (Å²) in [6.45, 7) is 0. The van der Waals surface area contributed by atoms with Crippen molar-refractivity contribution in [2.75, 3.05) is 0 Å². The summed E-state index contributed by atoms with van der Waals surface area (Å²) in [7, 11) is -3.11. The minimum atomic E-state index is -1.55. The van der Waals surface area contributed by atoms with Gasteiger partial charge in [0.25, 0.3) is 0 Å². The number of hydrogen-bond donors (Lipinski definition) is 0. The molecule has 0 aliphatic carbocycles. The third-order valence-corrected chi connectivity index (χ3v) is 8.25. The zero-order valence-electron chi connectivity index (χ0n) is 19.4. The highest BCUT2D eigenvalue weighted by Crippen LogP contribution is 2.44. The molecule has 178 valence electrons. The van der Waals surface area contributed by atoms with Crippen molar-refractivity contribution in [3.05, 3.63) is 146 Å². The Labute approximate surface area is 213 Å². The fraction of sp³-hybridized carbons (Fsp3) is 0. The van der Waals surface area contributed by atoms with Gasteiger partial charge in [0.1, 0.15) is 23.0 Å². The van der Waals surface area contributed by atoms with E-state index in [2.05, 4.69) is 0 Å². The van der Waals surface area contributed by atoms with Gasteiger partial charge in [-0.1, -0.05) is 84.9 Å². The Kier molecular flexibility index (Phi) is 8.11. The quantitative estimate of drug-likeness (QED) is 0.179. The first-order valence-electron chi connectivity index (χ1n) is 11.5. The van der Waals surface area contributed by atoms with Crippen molar-refractivity contribution in [3.63, 3.8) is 0 Å². The van der Waals surface area contributed by atoms with Gasteiger partial charge in [0.2, 0.25) is 0 Å². The van der Waals surface area contributed by atoms with Crippen LogP contribution in [0, 0.1) is 0 Å². The molecule has 0 heterocycles. The van der Waals surface area contributed by atoms with Crippen molar-refractivity contribution >= 4 is 27.4 Å². The molecule has 0 aliphatic rings. The zero-order valence-corrected chi connectivity index (χ0v) is 21.2. The SMILES string of the molecule is c1ccc(OP(Oc2ccccc2)c2ccccc2P(Oc2ccccc2)Oc2ccccc2)cc1. The molecule has 0 atom stereocenters. The predicted molar refractivity (Wildman–Crippen MR) is 148 cm³/mol. The van der Waals surface area contributed by atoms with E-state index < -0.39 is 16.8 Å². The summed E-state index contributed by atoms with van der Waals surface area (Å²) < 4.78 is 25.8. The lowest BCUT2D eigenvalue weighted by molar-refractivity contribution is 0.498. The summed E-state index contributed by atoms with van der Waals surface area (Å²) >= 11 is 0. The molecule has 0 saturated carbocycles. The molecular weight excluding hydrogens is 486 g/mol. The first-order valence-corrected chi connectivity index (χ1v) is 13.8. The maximum atomic E-state index is 6.44. The third-order valence-electron chi connectivity index (χ3n) is 5.00. The van der Waals surface area contributed by atoms with Gasteiger partial charge in [-0.15, -0.1) is 0 Å². The first kappa shape index (κ1) is 23.9. The summed E-state index contributed by atoms with van der Waals surface area (Å²) in [6.07, 6.45) is 0. The van der Waals surface area contributed by atoms with E-state index in [1.165, 1.54) is 0 Å². The largest absolute Gasteiger partial charge is 0.435 e. The number of hydrogen-bond acceptors (Lipinski definition) is 4. The van der Waals surface area contributed by atoms with E-state index >= 15 is 0 Å². The molecule has 0 N–H and O–H groups in total. The highest BCUT2D eigenvalue weighted by Gasteiger charge is 2.29. The normalized spacial score (nSPS) is 10.7. The predicted octanol–water partition coefficient (Wildman–Crippen LogP) is 7.88. The molecular formula is C30H24O4P2. The van der Waals surface area contributed by atoms with Crippen LogP contribution in [0.15, 0.2) is 146 Å². The lowest BCUT2D eigenvalue weighted by Crippen LogP contribution is -2.28. The molecule has 0 unspecified atom stereocenters. The van der Waals surface area contributed by atoms with Crippen LogP contribution >= 0.6 is 16.8 Å². The Morgan fingerprint density at radius 2 is 0.500 bits per heavy atom. The molecule has 5 aromatic carbocycles. The number of rotatable bonds is 10. The fourth-order valence-electron chi connectivity index (χ4n) is 3.32. The summed E-state index contributed by atoms with van der Waals surface area (Å²) in [5.41, 5.74) is 0. The van der Waals surface area contributed by atoms with Crippen LogP contribution in [0.3, 0.4) is 0 Å². The lowest BCUT2D eigenvalue weighted by atomic mass is 10.3. The fourth-order valence-corrected chi connectivity index (χ4v) is 6.46. The first-order chi connectivity index (χ1) is 17.8. The average molecular weight is 510 g/mol. The summed E-state index contributed by atoms with van der Waals surface area (Å²) in [5, 5.41) is 1.77. The van der Waals surface area contributed by atoms with Gasteiger partial charge in [-0.2, -0.15) is 0 Å². The van der Waals surface area contributed by atoms with Crippen molar-refractivity contribution in [3.8, 4) is 23.0 Å².